The summed E-state index contributed by atoms with van der Waals surface area (Å²) in [5.74, 6) is -0.533. The van der Waals surface area contributed by atoms with Crippen molar-refractivity contribution in [1.82, 2.24) is 4.90 Å². The molecule has 0 fully saturated rings. The van der Waals surface area contributed by atoms with Crippen LogP contribution in [0.15, 0.2) is 22.7 Å². The molecule has 0 unspecified atom stereocenters. The summed E-state index contributed by atoms with van der Waals surface area (Å²) < 4.78 is 13.5. The highest BCUT2D eigenvalue weighted by molar-refractivity contribution is 9.10. The van der Waals surface area contributed by atoms with E-state index >= 15 is 0 Å². The third-order valence-electron chi connectivity index (χ3n) is 2.34. The molecule has 1 aromatic carbocycles. The summed E-state index contributed by atoms with van der Waals surface area (Å²) in [5.41, 5.74) is 0.385. The molecular formula is C12H15BrFNO. The summed E-state index contributed by atoms with van der Waals surface area (Å²) in [4.78, 5) is 13.8. The van der Waals surface area contributed by atoms with Gasteiger partial charge in [0, 0.05) is 13.1 Å². The van der Waals surface area contributed by atoms with Crippen molar-refractivity contribution in [3.63, 3.8) is 0 Å². The maximum absolute atomic E-state index is 13.3. The van der Waals surface area contributed by atoms with Gasteiger partial charge in [0.1, 0.15) is 5.82 Å². The fourth-order valence-corrected chi connectivity index (χ4v) is 1.95. The van der Waals surface area contributed by atoms with Crippen LogP contribution in [0.25, 0.3) is 0 Å². The lowest BCUT2D eigenvalue weighted by molar-refractivity contribution is 0.0763. The second-order valence-electron chi connectivity index (χ2n) is 3.49. The number of benzene rings is 1. The minimum atomic E-state index is -0.404. The molecule has 2 nitrogen and oxygen atoms in total. The van der Waals surface area contributed by atoms with E-state index in [-0.39, 0.29) is 10.4 Å². The molecule has 0 heterocycles. The van der Waals surface area contributed by atoms with Crippen LogP contribution in [0.3, 0.4) is 0 Å². The molecule has 88 valence electrons. The Morgan fingerprint density at radius 3 is 2.69 bits per heavy atom. The third kappa shape index (κ3) is 2.82. The molecule has 0 aliphatic carbocycles. The van der Waals surface area contributed by atoms with Gasteiger partial charge in [0.2, 0.25) is 0 Å². The molecule has 0 spiro atoms. The molecule has 0 saturated heterocycles. The lowest BCUT2D eigenvalue weighted by atomic mass is 10.2. The van der Waals surface area contributed by atoms with Crippen LogP contribution in [0.1, 0.15) is 30.6 Å². The van der Waals surface area contributed by atoms with Gasteiger partial charge < -0.3 is 4.90 Å². The molecule has 0 saturated carbocycles. The first-order valence-electron chi connectivity index (χ1n) is 5.35. The fraction of sp³-hybridized carbons (Fsp3) is 0.417. The van der Waals surface area contributed by atoms with Gasteiger partial charge in [0.25, 0.3) is 5.91 Å². The molecule has 4 heteroatoms. The van der Waals surface area contributed by atoms with Crippen LogP contribution in [-0.4, -0.2) is 23.9 Å². The van der Waals surface area contributed by atoms with Gasteiger partial charge in [-0.1, -0.05) is 13.0 Å². The highest BCUT2D eigenvalue weighted by Crippen LogP contribution is 2.21. The van der Waals surface area contributed by atoms with Crippen LogP contribution in [0.4, 0.5) is 4.39 Å². The number of hydrogen-bond acceptors (Lipinski definition) is 1. The van der Waals surface area contributed by atoms with E-state index in [1.165, 1.54) is 6.07 Å². The molecular weight excluding hydrogens is 273 g/mol. The zero-order chi connectivity index (χ0) is 12.1. The lowest BCUT2D eigenvalue weighted by Gasteiger charge is -2.20. The number of carbonyl (C=O) groups excluding carboxylic acids is 1. The molecule has 0 aromatic heterocycles. The van der Waals surface area contributed by atoms with Gasteiger partial charge in [-0.25, -0.2) is 4.39 Å². The maximum atomic E-state index is 13.3. The minimum Gasteiger partial charge on any atom is -0.339 e. The smallest absolute Gasteiger partial charge is 0.255 e. The quantitative estimate of drug-likeness (QED) is 0.831. The Morgan fingerprint density at radius 2 is 2.12 bits per heavy atom. The highest BCUT2D eigenvalue weighted by Gasteiger charge is 2.17. The second kappa shape index (κ2) is 5.99. The molecule has 0 bridgehead atoms. The minimum absolute atomic E-state index is 0.129. The monoisotopic (exact) mass is 287 g/mol. The van der Waals surface area contributed by atoms with Crippen molar-refractivity contribution in [1.29, 1.82) is 0 Å². The summed E-state index contributed by atoms with van der Waals surface area (Å²) in [7, 11) is 0. The molecule has 1 rings (SSSR count). The summed E-state index contributed by atoms with van der Waals surface area (Å²) in [6, 6.07) is 4.51. The Kier molecular flexibility index (Phi) is 4.93. The standard InChI is InChI=1S/C12H15BrFNO/c1-3-8-15(4-2)12(16)9-6-5-7-10(14)11(9)13/h5-7H,3-4,8H2,1-2H3. The van der Waals surface area contributed by atoms with Crippen LogP contribution in [0.5, 0.6) is 0 Å². The molecule has 0 aliphatic heterocycles. The average molecular weight is 288 g/mol. The molecule has 0 N–H and O–H groups in total. The zero-order valence-electron chi connectivity index (χ0n) is 9.46. The largest absolute Gasteiger partial charge is 0.339 e. The van der Waals surface area contributed by atoms with E-state index in [0.29, 0.717) is 18.7 Å². The van der Waals surface area contributed by atoms with E-state index in [1.54, 1.807) is 17.0 Å². The van der Waals surface area contributed by atoms with Gasteiger partial charge >= 0.3 is 0 Å². The van der Waals surface area contributed by atoms with E-state index < -0.39 is 5.82 Å². The second-order valence-corrected chi connectivity index (χ2v) is 4.28. The molecule has 0 aliphatic rings. The Balaban J connectivity index is 2.99. The highest BCUT2D eigenvalue weighted by atomic mass is 79.9. The van der Waals surface area contributed by atoms with E-state index in [2.05, 4.69) is 15.9 Å². The Morgan fingerprint density at radius 1 is 1.44 bits per heavy atom. The van der Waals surface area contributed by atoms with Gasteiger partial charge in [-0.3, -0.25) is 4.79 Å². The first-order chi connectivity index (χ1) is 7.61. The lowest BCUT2D eigenvalue weighted by Crippen LogP contribution is -2.31. The van der Waals surface area contributed by atoms with Gasteiger partial charge in [-0.05, 0) is 41.4 Å². The summed E-state index contributed by atoms with van der Waals surface area (Å²) in [6.45, 7) is 5.26. The zero-order valence-corrected chi connectivity index (χ0v) is 11.1. The Bertz CT molecular complexity index is 381. The normalized spacial score (nSPS) is 10.2. The summed E-state index contributed by atoms with van der Waals surface area (Å²) in [6.07, 6.45) is 0.895. The van der Waals surface area contributed by atoms with Crippen molar-refractivity contribution in [3.05, 3.63) is 34.1 Å². The topological polar surface area (TPSA) is 20.3 Å². The predicted octanol–water partition coefficient (Wildman–Crippen LogP) is 3.46. The number of hydrogen-bond donors (Lipinski definition) is 0. The van der Waals surface area contributed by atoms with Crippen LogP contribution in [0.2, 0.25) is 0 Å². The first kappa shape index (κ1) is 13.2. The van der Waals surface area contributed by atoms with E-state index in [1.807, 2.05) is 13.8 Å². The van der Waals surface area contributed by atoms with Crippen molar-refractivity contribution in [2.75, 3.05) is 13.1 Å². The number of carbonyl (C=O) groups is 1. The molecule has 1 amide bonds. The average Bonchev–Trinajstić information content (AvgIpc) is 2.29. The van der Waals surface area contributed by atoms with Crippen molar-refractivity contribution in [3.8, 4) is 0 Å². The Labute approximate surface area is 104 Å². The summed E-state index contributed by atoms with van der Waals surface area (Å²) in [5, 5.41) is 0. The molecule has 0 radical (unpaired) electrons. The van der Waals surface area contributed by atoms with Crippen molar-refractivity contribution < 1.29 is 9.18 Å². The molecule has 0 atom stereocenters. The number of halogens is 2. The van der Waals surface area contributed by atoms with Crippen LogP contribution in [-0.2, 0) is 0 Å². The number of amides is 1. The van der Waals surface area contributed by atoms with E-state index in [4.69, 9.17) is 0 Å². The van der Waals surface area contributed by atoms with Crippen LogP contribution in [0, 0.1) is 5.82 Å². The fourth-order valence-electron chi connectivity index (χ4n) is 1.51. The molecule has 16 heavy (non-hydrogen) atoms. The van der Waals surface area contributed by atoms with E-state index in [9.17, 15) is 9.18 Å². The number of nitrogens with zero attached hydrogens (tertiary/aromatic N) is 1. The van der Waals surface area contributed by atoms with Gasteiger partial charge in [0.15, 0.2) is 0 Å². The van der Waals surface area contributed by atoms with E-state index in [0.717, 1.165) is 6.42 Å². The predicted molar refractivity (Wildman–Crippen MR) is 66.0 cm³/mol. The third-order valence-corrected chi connectivity index (χ3v) is 3.15. The molecule has 1 aromatic rings. The Hall–Kier alpha value is -0.900. The summed E-state index contributed by atoms with van der Waals surface area (Å²) >= 11 is 3.11. The van der Waals surface area contributed by atoms with Gasteiger partial charge in [0.05, 0.1) is 10.0 Å². The van der Waals surface area contributed by atoms with Crippen molar-refractivity contribution >= 4 is 21.8 Å². The maximum Gasteiger partial charge on any atom is 0.255 e. The van der Waals surface area contributed by atoms with Crippen molar-refractivity contribution in [2.24, 2.45) is 0 Å². The van der Waals surface area contributed by atoms with Crippen LogP contribution >= 0.6 is 15.9 Å². The number of rotatable bonds is 4. The first-order valence-corrected chi connectivity index (χ1v) is 6.14. The van der Waals surface area contributed by atoms with Crippen LogP contribution < -0.4 is 0 Å². The van der Waals surface area contributed by atoms with Gasteiger partial charge in [-0.2, -0.15) is 0 Å². The van der Waals surface area contributed by atoms with Crippen molar-refractivity contribution in [2.45, 2.75) is 20.3 Å². The van der Waals surface area contributed by atoms with Gasteiger partial charge in [-0.15, -0.1) is 0 Å². The SMILES string of the molecule is CCCN(CC)C(=O)c1cccc(F)c1Br.